The molecule has 0 aromatic heterocycles. The van der Waals surface area contributed by atoms with E-state index in [-0.39, 0.29) is 0 Å². The van der Waals surface area contributed by atoms with E-state index in [1.54, 1.807) is 6.92 Å². The first-order chi connectivity index (χ1) is 4.19. The third kappa shape index (κ3) is 1.07. The second kappa shape index (κ2) is 2.22. The smallest absolute Gasteiger partial charge is 0.197 e. The molecule has 1 saturated heterocycles. The van der Waals surface area contributed by atoms with Crippen LogP contribution in [-0.2, 0) is 9.62 Å². The van der Waals surface area contributed by atoms with Crippen molar-refractivity contribution >= 4 is 0 Å². The van der Waals surface area contributed by atoms with Crippen LogP contribution in [0.4, 0.5) is 0 Å². The van der Waals surface area contributed by atoms with Crippen LogP contribution >= 0.6 is 0 Å². The summed E-state index contributed by atoms with van der Waals surface area (Å²) in [5.41, 5.74) is 0. The number of ether oxygens (including phenoxy) is 1. The Balaban J connectivity index is 2.38. The molecule has 0 radical (unpaired) electrons. The predicted molar refractivity (Wildman–Crippen MR) is 28.7 cm³/mol. The van der Waals surface area contributed by atoms with Crippen LogP contribution in [0.5, 0.6) is 0 Å². The summed E-state index contributed by atoms with van der Waals surface area (Å²) in [7, 11) is 0. The summed E-state index contributed by atoms with van der Waals surface area (Å²) < 4.78 is 4.74. The third-order valence-electron chi connectivity index (χ3n) is 1.61. The van der Waals surface area contributed by atoms with Gasteiger partial charge in [-0.25, -0.2) is 4.89 Å². The van der Waals surface area contributed by atoms with Gasteiger partial charge < -0.3 is 9.84 Å². The Bertz CT molecular complexity index is 99.1. The lowest BCUT2D eigenvalue weighted by Gasteiger charge is -2.39. The Morgan fingerprint density at radius 3 is 2.44 bits per heavy atom. The molecule has 1 heterocycles. The molecular weight excluding hydrogens is 124 g/mol. The predicted octanol–water partition coefficient (Wildman–Crippen LogP) is -0.0266. The van der Waals surface area contributed by atoms with Crippen molar-refractivity contribution in [3.05, 3.63) is 0 Å². The van der Waals surface area contributed by atoms with Gasteiger partial charge in [-0.15, -0.1) is 0 Å². The van der Waals surface area contributed by atoms with Crippen molar-refractivity contribution in [2.45, 2.75) is 25.2 Å². The Kier molecular flexibility index (Phi) is 1.72. The monoisotopic (exact) mass is 134 g/mol. The van der Waals surface area contributed by atoms with Crippen LogP contribution < -0.4 is 0 Å². The van der Waals surface area contributed by atoms with Gasteiger partial charge in [-0.3, -0.25) is 5.26 Å². The third-order valence-corrected chi connectivity index (χ3v) is 1.61. The Hall–Kier alpha value is -0.160. The fourth-order valence-electron chi connectivity index (χ4n) is 0.714. The van der Waals surface area contributed by atoms with E-state index in [1.807, 2.05) is 0 Å². The van der Waals surface area contributed by atoms with Gasteiger partial charge in [0.05, 0.1) is 6.61 Å². The van der Waals surface area contributed by atoms with Crippen molar-refractivity contribution < 1.29 is 20.0 Å². The zero-order valence-corrected chi connectivity index (χ0v) is 5.20. The summed E-state index contributed by atoms with van der Waals surface area (Å²) in [6, 6.07) is 0. The first kappa shape index (κ1) is 6.95. The molecule has 2 N–H and O–H groups in total. The molecule has 0 bridgehead atoms. The molecule has 0 aromatic carbocycles. The second-order valence-corrected chi connectivity index (χ2v) is 2.19. The van der Waals surface area contributed by atoms with Gasteiger partial charge >= 0.3 is 0 Å². The number of hydrogen-bond acceptors (Lipinski definition) is 4. The molecule has 2 atom stereocenters. The van der Waals surface area contributed by atoms with E-state index >= 15 is 0 Å². The number of rotatable bonds is 2. The highest BCUT2D eigenvalue weighted by atomic mass is 17.1. The van der Waals surface area contributed by atoms with Crippen LogP contribution in [0.3, 0.4) is 0 Å². The molecule has 4 nitrogen and oxygen atoms in total. The van der Waals surface area contributed by atoms with Crippen LogP contribution in [0, 0.1) is 0 Å². The van der Waals surface area contributed by atoms with Crippen molar-refractivity contribution in [2.75, 3.05) is 6.61 Å². The van der Waals surface area contributed by atoms with Gasteiger partial charge in [0.1, 0.15) is 6.10 Å². The van der Waals surface area contributed by atoms with E-state index in [2.05, 4.69) is 4.89 Å². The van der Waals surface area contributed by atoms with Crippen molar-refractivity contribution in [2.24, 2.45) is 0 Å². The van der Waals surface area contributed by atoms with Crippen LogP contribution in [0.15, 0.2) is 0 Å². The van der Waals surface area contributed by atoms with E-state index in [0.29, 0.717) is 13.0 Å². The summed E-state index contributed by atoms with van der Waals surface area (Å²) in [4.78, 5) is 3.88. The molecule has 0 spiro atoms. The van der Waals surface area contributed by atoms with Crippen molar-refractivity contribution in [3.8, 4) is 0 Å². The quantitative estimate of drug-likeness (QED) is 0.411. The molecule has 0 amide bonds. The molecule has 1 aliphatic heterocycles. The van der Waals surface area contributed by atoms with Gasteiger partial charge in [0, 0.05) is 6.42 Å². The minimum absolute atomic E-state index is 0.523. The van der Waals surface area contributed by atoms with E-state index in [9.17, 15) is 5.11 Å². The fourth-order valence-corrected chi connectivity index (χ4v) is 0.714. The van der Waals surface area contributed by atoms with Crippen LogP contribution in [0.25, 0.3) is 0 Å². The van der Waals surface area contributed by atoms with Gasteiger partial charge in [0.2, 0.25) is 0 Å². The lowest BCUT2D eigenvalue weighted by atomic mass is 10.0. The van der Waals surface area contributed by atoms with Crippen LogP contribution in [-0.4, -0.2) is 28.9 Å². The Labute approximate surface area is 52.9 Å². The summed E-state index contributed by atoms with van der Waals surface area (Å²) in [5, 5.41) is 17.3. The molecule has 4 heteroatoms. The molecule has 1 rings (SSSR count). The number of hydrogen-bond donors (Lipinski definition) is 2. The largest absolute Gasteiger partial charge is 0.363 e. The maximum Gasteiger partial charge on any atom is 0.197 e. The Morgan fingerprint density at radius 2 is 2.33 bits per heavy atom. The van der Waals surface area contributed by atoms with E-state index in [0.717, 1.165) is 0 Å². The molecule has 54 valence electrons. The van der Waals surface area contributed by atoms with E-state index < -0.39 is 11.9 Å². The summed E-state index contributed by atoms with van der Waals surface area (Å²) >= 11 is 0. The normalized spacial score (nSPS) is 37.7. The van der Waals surface area contributed by atoms with Gasteiger partial charge in [-0.1, -0.05) is 0 Å². The lowest BCUT2D eigenvalue weighted by molar-refractivity contribution is -0.393. The summed E-state index contributed by atoms with van der Waals surface area (Å²) in [6.07, 6.45) is -0.138. The Morgan fingerprint density at radius 1 is 1.78 bits per heavy atom. The molecule has 0 aliphatic carbocycles. The highest BCUT2D eigenvalue weighted by Crippen LogP contribution is 2.27. The SMILES string of the molecule is CC(OO)C1(O)CCO1. The fraction of sp³-hybridized carbons (Fsp3) is 1.00. The molecule has 9 heavy (non-hydrogen) atoms. The minimum Gasteiger partial charge on any atom is -0.363 e. The standard InChI is InChI=1S/C5H10O4/c1-4(9-7)5(6)2-3-8-5/h4,6-7H,2-3H2,1H3. The summed E-state index contributed by atoms with van der Waals surface area (Å²) in [5.74, 6) is -1.24. The van der Waals surface area contributed by atoms with Gasteiger partial charge in [-0.2, -0.15) is 0 Å². The molecule has 0 aromatic rings. The average molecular weight is 134 g/mol. The van der Waals surface area contributed by atoms with Gasteiger partial charge in [0.25, 0.3) is 0 Å². The number of aliphatic hydroxyl groups is 1. The molecule has 1 aliphatic rings. The van der Waals surface area contributed by atoms with Gasteiger partial charge in [-0.05, 0) is 6.92 Å². The van der Waals surface area contributed by atoms with Crippen molar-refractivity contribution in [1.29, 1.82) is 0 Å². The van der Waals surface area contributed by atoms with E-state index in [4.69, 9.17) is 9.99 Å². The molecule has 0 saturated carbocycles. The van der Waals surface area contributed by atoms with Crippen molar-refractivity contribution in [1.82, 2.24) is 0 Å². The maximum absolute atomic E-state index is 9.17. The first-order valence-corrected chi connectivity index (χ1v) is 2.85. The minimum atomic E-state index is -1.24. The van der Waals surface area contributed by atoms with Crippen LogP contribution in [0.1, 0.15) is 13.3 Å². The zero-order chi connectivity index (χ0) is 6.91. The lowest BCUT2D eigenvalue weighted by Crippen LogP contribution is -2.52. The summed E-state index contributed by atoms with van der Waals surface area (Å²) in [6.45, 7) is 2.07. The molecular formula is C5H10O4. The van der Waals surface area contributed by atoms with Crippen molar-refractivity contribution in [3.63, 3.8) is 0 Å². The van der Waals surface area contributed by atoms with Gasteiger partial charge in [0.15, 0.2) is 5.79 Å². The average Bonchev–Trinajstić information content (AvgIpc) is 1.81. The zero-order valence-electron chi connectivity index (χ0n) is 5.20. The van der Waals surface area contributed by atoms with E-state index in [1.165, 1.54) is 0 Å². The second-order valence-electron chi connectivity index (χ2n) is 2.19. The highest BCUT2D eigenvalue weighted by Gasteiger charge is 2.42. The highest BCUT2D eigenvalue weighted by molar-refractivity contribution is 4.80. The first-order valence-electron chi connectivity index (χ1n) is 2.85. The van der Waals surface area contributed by atoms with Crippen LogP contribution in [0.2, 0.25) is 0 Å². The maximum atomic E-state index is 9.17. The molecule has 1 fully saturated rings. The molecule has 2 unspecified atom stereocenters. The topological polar surface area (TPSA) is 58.9 Å².